The van der Waals surface area contributed by atoms with Gasteiger partial charge >= 0.3 is 23.7 Å². The monoisotopic (exact) mass is 677 g/mol. The van der Waals surface area contributed by atoms with E-state index in [1.807, 2.05) is 0 Å². The fourth-order valence-electron chi connectivity index (χ4n) is 4.90. The minimum absolute atomic E-state index is 0.0432. The molecule has 0 saturated carbocycles. The van der Waals surface area contributed by atoms with Crippen LogP contribution in [0.1, 0.15) is 45.6 Å². The Balaban J connectivity index is 0.000000738. The number of thioether (sulfide) groups is 1. The molecule has 10 nitrogen and oxygen atoms in total. The predicted octanol–water partition coefficient (Wildman–Crippen LogP) is 6.13. The summed E-state index contributed by atoms with van der Waals surface area (Å²) in [6, 6.07) is 7.90. The van der Waals surface area contributed by atoms with E-state index >= 15 is 0 Å². The maximum atomic E-state index is 13.3. The number of hydrogen-bond acceptors (Lipinski definition) is 7. The quantitative estimate of drug-likeness (QED) is 0.194. The number of pyridine rings is 1. The molecule has 252 valence electrons. The maximum absolute atomic E-state index is 13.3. The summed E-state index contributed by atoms with van der Waals surface area (Å²) in [5.41, 5.74) is -4.78. The lowest BCUT2D eigenvalue weighted by molar-refractivity contribution is -0.192. The molecule has 0 spiro atoms. The van der Waals surface area contributed by atoms with E-state index in [2.05, 4.69) is 22.1 Å². The average molecular weight is 678 g/mol. The molecule has 3 heterocycles. The summed E-state index contributed by atoms with van der Waals surface area (Å²) in [6.07, 6.45) is -0.853. The van der Waals surface area contributed by atoms with Crippen LogP contribution in [0, 0.1) is 5.92 Å². The summed E-state index contributed by atoms with van der Waals surface area (Å²) >= 11 is -0.266. The Kier molecular flexibility index (Phi) is 11.7. The fraction of sp³-hybridized carbons (Fsp3) is 0.483. The second kappa shape index (κ2) is 14.7. The van der Waals surface area contributed by atoms with E-state index in [4.69, 9.17) is 9.90 Å². The SMILES string of the molecule is CC1CCCN(CCC(=O)Nc2cc(CN3C(=O)N(c4ccc(SC(F)(F)F)cc4)C(=O)C3(C)C)ccn2)C1.O=C(O)C(F)(F)F. The van der Waals surface area contributed by atoms with Crippen molar-refractivity contribution in [2.75, 3.05) is 29.9 Å². The minimum atomic E-state index is -5.08. The first kappa shape index (κ1) is 36.6. The standard InChI is InChI=1S/C27H32F3N5O3S.C2HF3O2/c1-18-5-4-13-33(16-18)14-11-23(36)32-22-15-19(10-12-31-22)17-34-25(38)35(24(37)26(34,2)3)20-6-8-21(9-7-20)39-27(28,29)30;3-2(4,5)1(6)7/h6-10,12,15,18H,4-5,11,13-14,16-17H2,1-3H3,(H,31,32,36);(H,6,7). The van der Waals surface area contributed by atoms with Gasteiger partial charge in [-0.2, -0.15) is 26.3 Å². The molecule has 2 aromatic rings. The lowest BCUT2D eigenvalue weighted by Crippen LogP contribution is -2.43. The lowest BCUT2D eigenvalue weighted by Gasteiger charge is -2.30. The smallest absolute Gasteiger partial charge is 0.475 e. The van der Waals surface area contributed by atoms with Crippen LogP contribution >= 0.6 is 11.8 Å². The second-order valence-corrected chi connectivity index (χ2v) is 12.4. The van der Waals surface area contributed by atoms with Gasteiger partial charge in [-0.25, -0.2) is 19.5 Å². The van der Waals surface area contributed by atoms with Crippen molar-refractivity contribution in [2.45, 2.75) is 68.7 Å². The van der Waals surface area contributed by atoms with Crippen molar-refractivity contribution >= 4 is 47.1 Å². The van der Waals surface area contributed by atoms with E-state index in [1.54, 1.807) is 26.0 Å². The molecular weight excluding hydrogens is 644 g/mol. The van der Waals surface area contributed by atoms with Gasteiger partial charge in [0.25, 0.3) is 5.91 Å². The van der Waals surface area contributed by atoms with Crippen LogP contribution in [-0.2, 0) is 20.9 Å². The molecule has 17 heteroatoms. The van der Waals surface area contributed by atoms with Crippen molar-refractivity contribution in [3.63, 3.8) is 0 Å². The Hall–Kier alpha value is -3.86. The highest BCUT2D eigenvalue weighted by atomic mass is 32.2. The Morgan fingerprint density at radius 1 is 1.09 bits per heavy atom. The molecule has 2 fully saturated rings. The Morgan fingerprint density at radius 3 is 2.28 bits per heavy atom. The molecule has 46 heavy (non-hydrogen) atoms. The minimum Gasteiger partial charge on any atom is -0.475 e. The van der Waals surface area contributed by atoms with Crippen LogP contribution in [-0.4, -0.2) is 80.6 Å². The number of halogens is 6. The number of anilines is 2. The number of likely N-dealkylation sites (tertiary alicyclic amines) is 1. The number of imide groups is 1. The zero-order chi connectivity index (χ0) is 34.4. The van der Waals surface area contributed by atoms with Crippen molar-refractivity contribution in [1.82, 2.24) is 14.8 Å². The predicted molar refractivity (Wildman–Crippen MR) is 157 cm³/mol. The fourth-order valence-corrected chi connectivity index (χ4v) is 5.44. The molecule has 1 atom stereocenters. The number of hydrogen-bond donors (Lipinski definition) is 2. The molecule has 0 bridgehead atoms. The number of alkyl halides is 6. The summed E-state index contributed by atoms with van der Waals surface area (Å²) in [7, 11) is 0. The first-order chi connectivity index (χ1) is 21.3. The average Bonchev–Trinajstić information content (AvgIpc) is 3.11. The molecule has 0 aliphatic carbocycles. The number of aromatic nitrogens is 1. The zero-order valence-corrected chi connectivity index (χ0v) is 25.9. The highest BCUT2D eigenvalue weighted by Gasteiger charge is 2.51. The number of nitrogens with one attached hydrogen (secondary N) is 1. The van der Waals surface area contributed by atoms with Gasteiger partial charge in [0.05, 0.1) is 5.69 Å². The number of carbonyl (C=O) groups is 4. The summed E-state index contributed by atoms with van der Waals surface area (Å²) in [4.78, 5) is 56.8. The number of rotatable bonds is 8. The van der Waals surface area contributed by atoms with E-state index in [-0.39, 0.29) is 34.8 Å². The highest BCUT2D eigenvalue weighted by Crippen LogP contribution is 2.39. The summed E-state index contributed by atoms with van der Waals surface area (Å²) in [5.74, 6) is -2.40. The maximum Gasteiger partial charge on any atom is 0.490 e. The van der Waals surface area contributed by atoms with Gasteiger partial charge in [0.2, 0.25) is 5.91 Å². The van der Waals surface area contributed by atoms with E-state index < -0.39 is 35.1 Å². The number of urea groups is 1. The first-order valence-electron chi connectivity index (χ1n) is 14.1. The topological polar surface area (TPSA) is 123 Å². The van der Waals surface area contributed by atoms with Crippen LogP contribution in [0.15, 0.2) is 47.5 Å². The van der Waals surface area contributed by atoms with Crippen LogP contribution in [0.3, 0.4) is 0 Å². The Labute approximate surface area is 265 Å². The molecule has 1 unspecified atom stereocenters. The third kappa shape index (κ3) is 10.1. The number of piperidine rings is 1. The van der Waals surface area contributed by atoms with E-state index in [1.165, 1.54) is 41.8 Å². The lowest BCUT2D eigenvalue weighted by atomic mass is 10.0. The van der Waals surface area contributed by atoms with E-state index in [0.29, 0.717) is 30.3 Å². The van der Waals surface area contributed by atoms with Crippen LogP contribution < -0.4 is 10.2 Å². The normalized spacial score (nSPS) is 18.7. The number of carboxylic acid groups (broad SMARTS) is 1. The van der Waals surface area contributed by atoms with Crippen molar-refractivity contribution in [2.24, 2.45) is 5.92 Å². The molecule has 1 aromatic heterocycles. The summed E-state index contributed by atoms with van der Waals surface area (Å²) < 4.78 is 69.7. The molecule has 2 N–H and O–H groups in total. The molecule has 4 amide bonds. The summed E-state index contributed by atoms with van der Waals surface area (Å²) in [6.45, 7) is 8.20. The number of amides is 4. The number of carbonyl (C=O) groups excluding carboxylic acids is 3. The molecular formula is C29H33F6N5O5S. The molecule has 2 aliphatic rings. The van der Waals surface area contributed by atoms with Gasteiger partial charge in [-0.1, -0.05) is 6.92 Å². The summed E-state index contributed by atoms with van der Waals surface area (Å²) in [5, 5.41) is 9.94. The van der Waals surface area contributed by atoms with Crippen molar-refractivity contribution in [1.29, 1.82) is 0 Å². The molecule has 4 rings (SSSR count). The van der Waals surface area contributed by atoms with Gasteiger partial charge in [0.15, 0.2) is 0 Å². The number of nitrogens with zero attached hydrogens (tertiary/aromatic N) is 4. The first-order valence-corrected chi connectivity index (χ1v) is 14.9. The third-order valence-electron chi connectivity index (χ3n) is 7.22. The van der Waals surface area contributed by atoms with E-state index in [9.17, 15) is 40.7 Å². The number of carboxylic acids is 1. The van der Waals surface area contributed by atoms with Gasteiger partial charge in [-0.15, -0.1) is 0 Å². The van der Waals surface area contributed by atoms with Gasteiger partial charge in [-0.05, 0) is 92.9 Å². The van der Waals surface area contributed by atoms with E-state index in [0.717, 1.165) is 24.4 Å². The largest absolute Gasteiger partial charge is 0.490 e. The number of benzene rings is 1. The van der Waals surface area contributed by atoms with Gasteiger partial charge in [-0.3, -0.25) is 9.59 Å². The number of aliphatic carboxylic acids is 1. The molecule has 2 aliphatic heterocycles. The van der Waals surface area contributed by atoms with Gasteiger partial charge < -0.3 is 20.2 Å². The van der Waals surface area contributed by atoms with Crippen molar-refractivity contribution in [3.05, 3.63) is 48.2 Å². The van der Waals surface area contributed by atoms with Crippen molar-refractivity contribution in [3.8, 4) is 0 Å². The molecule has 1 aromatic carbocycles. The highest BCUT2D eigenvalue weighted by molar-refractivity contribution is 8.00. The van der Waals surface area contributed by atoms with Crippen molar-refractivity contribution < 1.29 is 50.6 Å². The van der Waals surface area contributed by atoms with Crippen LogP contribution in [0.25, 0.3) is 0 Å². The Bertz CT molecular complexity index is 1420. The second-order valence-electron chi connectivity index (χ2n) is 11.3. The van der Waals surface area contributed by atoms with Crippen LogP contribution in [0.2, 0.25) is 0 Å². The van der Waals surface area contributed by atoms with Crippen LogP contribution in [0.4, 0.5) is 42.6 Å². The van der Waals surface area contributed by atoms with Gasteiger partial charge in [0, 0.05) is 37.1 Å². The molecule has 2 saturated heterocycles. The third-order valence-corrected chi connectivity index (χ3v) is 7.96. The molecule has 0 radical (unpaired) electrons. The van der Waals surface area contributed by atoms with Crippen LogP contribution in [0.5, 0.6) is 0 Å². The Morgan fingerprint density at radius 2 is 1.72 bits per heavy atom. The van der Waals surface area contributed by atoms with Gasteiger partial charge in [0.1, 0.15) is 11.4 Å². The zero-order valence-electron chi connectivity index (χ0n) is 25.1.